The van der Waals surface area contributed by atoms with Crippen LogP contribution >= 0.6 is 0 Å². The molecule has 0 spiro atoms. The van der Waals surface area contributed by atoms with Crippen molar-refractivity contribution < 1.29 is 22.6 Å². The topological polar surface area (TPSA) is 139 Å². The maximum atomic E-state index is 13.4. The van der Waals surface area contributed by atoms with Gasteiger partial charge in [0.15, 0.2) is 11.6 Å². The molecular weight excluding hydrogens is 490 g/mol. The van der Waals surface area contributed by atoms with Gasteiger partial charge in [0.1, 0.15) is 4.90 Å². The molecule has 0 radical (unpaired) electrons. The normalized spacial score (nSPS) is 12.2. The van der Waals surface area contributed by atoms with E-state index < -0.39 is 32.3 Å². The summed E-state index contributed by atoms with van der Waals surface area (Å²) in [7, 11) is -4.79. The van der Waals surface area contributed by atoms with E-state index in [-0.39, 0.29) is 35.4 Å². The molecule has 4 aromatic carbocycles. The maximum absolute atomic E-state index is 13.4. The molecule has 0 bridgehead atoms. The minimum absolute atomic E-state index is 0. The number of nitrogens with two attached hydrogens (primary N) is 1. The van der Waals surface area contributed by atoms with Gasteiger partial charge in [-0.25, -0.2) is 0 Å². The lowest BCUT2D eigenvalue weighted by Gasteiger charge is -2.23. The lowest BCUT2D eigenvalue weighted by Crippen LogP contribution is -2.25. The van der Waals surface area contributed by atoms with Crippen LogP contribution in [0.3, 0.4) is 0 Å². The predicted molar refractivity (Wildman–Crippen MR) is 144 cm³/mol. The van der Waals surface area contributed by atoms with Crippen LogP contribution in [0.2, 0.25) is 0 Å². The van der Waals surface area contributed by atoms with Crippen molar-refractivity contribution in [3.63, 3.8) is 0 Å². The van der Waals surface area contributed by atoms with Crippen molar-refractivity contribution in [3.05, 3.63) is 113 Å². The SMILES string of the molecule is C.Nc1c(S(=O)(=O)O)cc(Nc2cccc(NCc3ccccc3)c2)c2c1C(=O)c1ccccc1C2=O. The minimum atomic E-state index is -4.79. The first-order chi connectivity index (χ1) is 17.2. The van der Waals surface area contributed by atoms with E-state index in [1.807, 2.05) is 36.4 Å². The lowest BCUT2D eigenvalue weighted by atomic mass is 9.82. The second-order valence-electron chi connectivity index (χ2n) is 8.31. The second-order valence-corrected chi connectivity index (χ2v) is 9.70. The summed E-state index contributed by atoms with van der Waals surface area (Å²) in [6.45, 7) is 0.582. The molecule has 1 aliphatic carbocycles. The van der Waals surface area contributed by atoms with E-state index in [9.17, 15) is 22.6 Å². The van der Waals surface area contributed by atoms with Gasteiger partial charge in [-0.1, -0.05) is 68.1 Å². The molecule has 188 valence electrons. The average Bonchev–Trinajstić information content (AvgIpc) is 2.87. The number of nitrogens with one attached hydrogen (secondary N) is 2. The molecule has 0 atom stereocenters. The molecule has 5 rings (SSSR count). The van der Waals surface area contributed by atoms with Crippen molar-refractivity contribution in [2.45, 2.75) is 18.9 Å². The van der Waals surface area contributed by atoms with Crippen LogP contribution in [0.15, 0.2) is 89.8 Å². The summed E-state index contributed by atoms with van der Waals surface area (Å²) in [6, 6.07) is 24.3. The molecule has 0 amide bonds. The smallest absolute Gasteiger partial charge is 0.296 e. The van der Waals surface area contributed by atoms with Crippen molar-refractivity contribution >= 4 is 44.4 Å². The van der Waals surface area contributed by atoms with E-state index in [1.165, 1.54) is 12.1 Å². The van der Waals surface area contributed by atoms with Crippen molar-refractivity contribution in [1.29, 1.82) is 0 Å². The first kappa shape index (κ1) is 25.6. The molecule has 9 heteroatoms. The monoisotopic (exact) mass is 515 g/mol. The Kier molecular flexibility index (Phi) is 6.84. The molecule has 0 aromatic heterocycles. The molecule has 0 saturated carbocycles. The Morgan fingerprint density at radius 2 is 1.35 bits per heavy atom. The van der Waals surface area contributed by atoms with Crippen molar-refractivity contribution in [2.24, 2.45) is 0 Å². The fourth-order valence-electron chi connectivity index (χ4n) is 4.27. The van der Waals surface area contributed by atoms with E-state index in [2.05, 4.69) is 10.6 Å². The summed E-state index contributed by atoms with van der Waals surface area (Å²) in [6.07, 6.45) is 0. The van der Waals surface area contributed by atoms with Crippen LogP contribution in [0, 0.1) is 0 Å². The molecule has 5 N–H and O–H groups in total. The zero-order chi connectivity index (χ0) is 25.4. The van der Waals surface area contributed by atoms with E-state index >= 15 is 0 Å². The number of carbonyl (C=O) groups is 2. The standard InChI is InChI=1S/C27H21N3O5S.CH4/c28-25-22(36(33,34)35)14-21(23-24(25)27(32)20-12-5-4-11-19(20)26(23)31)30-18-10-6-9-17(13-18)29-15-16-7-2-1-3-8-16;/h1-14,29-30H,15,28H2,(H,33,34,35);1H4. The number of hydrogen-bond donors (Lipinski definition) is 4. The van der Waals surface area contributed by atoms with Gasteiger partial charge in [-0.05, 0) is 29.8 Å². The van der Waals surface area contributed by atoms with Gasteiger partial charge in [-0.3, -0.25) is 14.1 Å². The van der Waals surface area contributed by atoms with Crippen LogP contribution < -0.4 is 16.4 Å². The van der Waals surface area contributed by atoms with Crippen LogP contribution in [0.5, 0.6) is 0 Å². The third-order valence-electron chi connectivity index (χ3n) is 5.96. The van der Waals surface area contributed by atoms with Crippen molar-refractivity contribution in [1.82, 2.24) is 0 Å². The van der Waals surface area contributed by atoms with Crippen molar-refractivity contribution in [3.8, 4) is 0 Å². The molecule has 0 heterocycles. The number of fused-ring (bicyclic) bond motifs is 2. The summed E-state index contributed by atoms with van der Waals surface area (Å²) in [4.78, 5) is 26.1. The van der Waals surface area contributed by atoms with Crippen LogP contribution in [0.25, 0.3) is 0 Å². The number of ketones is 2. The van der Waals surface area contributed by atoms with Gasteiger partial charge in [0.05, 0.1) is 22.5 Å². The molecular formula is C28H25N3O5S. The van der Waals surface area contributed by atoms with Crippen molar-refractivity contribution in [2.75, 3.05) is 16.4 Å². The number of rotatable bonds is 6. The van der Waals surface area contributed by atoms with Crippen LogP contribution in [0.4, 0.5) is 22.7 Å². The highest BCUT2D eigenvalue weighted by Crippen LogP contribution is 2.40. The number of benzene rings is 4. The summed E-state index contributed by atoms with van der Waals surface area (Å²) >= 11 is 0. The highest BCUT2D eigenvalue weighted by atomic mass is 32.2. The number of nitrogen functional groups attached to an aromatic ring is 1. The third kappa shape index (κ3) is 4.82. The van der Waals surface area contributed by atoms with E-state index in [4.69, 9.17) is 5.73 Å². The van der Waals surface area contributed by atoms with Gasteiger partial charge in [0.25, 0.3) is 10.1 Å². The Morgan fingerprint density at radius 3 is 2.00 bits per heavy atom. The van der Waals surface area contributed by atoms with Crippen LogP contribution in [0.1, 0.15) is 44.8 Å². The Labute approximate surface area is 214 Å². The molecule has 8 nitrogen and oxygen atoms in total. The van der Waals surface area contributed by atoms with Gasteiger partial charge >= 0.3 is 0 Å². The second kappa shape index (κ2) is 9.88. The van der Waals surface area contributed by atoms with E-state index in [0.717, 1.165) is 17.3 Å². The highest BCUT2D eigenvalue weighted by Gasteiger charge is 2.36. The van der Waals surface area contributed by atoms with Gasteiger partial charge < -0.3 is 16.4 Å². The number of carbonyl (C=O) groups excluding carboxylic acids is 2. The quantitative estimate of drug-likeness (QED) is 0.177. The highest BCUT2D eigenvalue weighted by molar-refractivity contribution is 7.86. The summed E-state index contributed by atoms with van der Waals surface area (Å²) < 4.78 is 34.0. The Hall–Kier alpha value is -4.47. The van der Waals surface area contributed by atoms with Gasteiger partial charge in [0, 0.05) is 29.0 Å². The first-order valence-electron chi connectivity index (χ1n) is 11.0. The number of anilines is 4. The fraction of sp³-hybridized carbons (Fsp3) is 0.0714. The third-order valence-corrected chi connectivity index (χ3v) is 6.85. The van der Waals surface area contributed by atoms with E-state index in [1.54, 1.807) is 30.3 Å². The molecule has 0 saturated heterocycles. The van der Waals surface area contributed by atoms with E-state index in [0.29, 0.717) is 12.2 Å². The Balaban J connectivity index is 0.00000320. The van der Waals surface area contributed by atoms with Gasteiger partial charge in [0.2, 0.25) is 0 Å². The summed E-state index contributed by atoms with van der Waals surface area (Å²) in [5.74, 6) is -1.07. The molecule has 37 heavy (non-hydrogen) atoms. The van der Waals surface area contributed by atoms with Gasteiger partial charge in [-0.2, -0.15) is 8.42 Å². The lowest BCUT2D eigenvalue weighted by molar-refractivity contribution is 0.0980. The molecule has 0 unspecified atom stereocenters. The van der Waals surface area contributed by atoms with Gasteiger partial charge in [-0.15, -0.1) is 0 Å². The zero-order valence-corrected chi connectivity index (χ0v) is 19.7. The Morgan fingerprint density at radius 1 is 0.757 bits per heavy atom. The summed E-state index contributed by atoms with van der Waals surface area (Å²) in [5, 5.41) is 6.35. The zero-order valence-electron chi connectivity index (χ0n) is 18.9. The average molecular weight is 516 g/mol. The predicted octanol–water partition coefficient (Wildman–Crippen LogP) is 5.28. The number of hydrogen-bond acceptors (Lipinski definition) is 7. The summed E-state index contributed by atoms with van der Waals surface area (Å²) in [5.41, 5.74) is 8.00. The van der Waals surface area contributed by atoms with Crippen LogP contribution in [-0.2, 0) is 16.7 Å². The minimum Gasteiger partial charge on any atom is -0.397 e. The largest absolute Gasteiger partial charge is 0.397 e. The molecule has 4 aromatic rings. The molecule has 1 aliphatic rings. The first-order valence-corrected chi connectivity index (χ1v) is 12.5. The maximum Gasteiger partial charge on any atom is 0.296 e. The Bertz CT molecular complexity index is 1630. The van der Waals surface area contributed by atoms with Crippen LogP contribution in [-0.4, -0.2) is 24.5 Å². The molecule has 0 aliphatic heterocycles. The fourth-order valence-corrected chi connectivity index (χ4v) is 4.91. The molecule has 0 fully saturated rings.